The molecule has 0 saturated carbocycles. The van der Waals surface area contributed by atoms with Crippen molar-refractivity contribution in [2.45, 2.75) is 6.61 Å². The van der Waals surface area contributed by atoms with Gasteiger partial charge < -0.3 is 9.84 Å². The van der Waals surface area contributed by atoms with Crippen LogP contribution < -0.4 is 0 Å². The lowest BCUT2D eigenvalue weighted by Crippen LogP contribution is -1.85. The van der Waals surface area contributed by atoms with Crippen LogP contribution in [0.5, 0.6) is 0 Å². The average Bonchev–Trinajstić information content (AvgIpc) is 2.66. The van der Waals surface area contributed by atoms with Crippen molar-refractivity contribution in [3.63, 3.8) is 0 Å². The van der Waals surface area contributed by atoms with Crippen molar-refractivity contribution in [3.05, 3.63) is 53.1 Å². The molecule has 1 fully saturated rings. The molecule has 1 saturated heterocycles. The van der Waals surface area contributed by atoms with Crippen LogP contribution in [0.3, 0.4) is 0 Å². The van der Waals surface area contributed by atoms with Gasteiger partial charge in [-0.1, -0.05) is 30.8 Å². The molecular weight excluding hydrogens is 188 g/mol. The summed E-state index contributed by atoms with van der Waals surface area (Å²) < 4.78 is 5.28. The van der Waals surface area contributed by atoms with Crippen LogP contribution in [0.15, 0.2) is 42.0 Å². The van der Waals surface area contributed by atoms with Crippen molar-refractivity contribution in [2.24, 2.45) is 0 Å². The number of benzene rings is 1. The molecule has 1 aliphatic rings. The summed E-state index contributed by atoms with van der Waals surface area (Å²) in [5.74, 6) is 0. The normalized spacial score (nSPS) is 18.7. The van der Waals surface area contributed by atoms with E-state index in [0.29, 0.717) is 13.2 Å². The molecule has 0 bridgehead atoms. The summed E-state index contributed by atoms with van der Waals surface area (Å²) in [4.78, 5) is 0. The number of hydrogen-bond acceptors (Lipinski definition) is 2. The fourth-order valence-electron chi connectivity index (χ4n) is 1.54. The first kappa shape index (κ1) is 10.1. The van der Waals surface area contributed by atoms with E-state index in [1.807, 2.05) is 24.3 Å². The molecule has 0 aromatic heterocycles. The van der Waals surface area contributed by atoms with Crippen LogP contribution in [-0.4, -0.2) is 18.3 Å². The lowest BCUT2D eigenvalue weighted by Gasteiger charge is -1.99. The van der Waals surface area contributed by atoms with Crippen molar-refractivity contribution in [3.8, 4) is 0 Å². The third kappa shape index (κ3) is 2.35. The monoisotopic (exact) mass is 202 g/mol. The Morgan fingerprint density at radius 2 is 2.00 bits per heavy atom. The topological polar surface area (TPSA) is 29.5 Å². The molecule has 1 aliphatic heterocycles. The second-order valence-corrected chi connectivity index (χ2v) is 3.67. The van der Waals surface area contributed by atoms with Gasteiger partial charge in [-0.3, -0.25) is 0 Å². The van der Waals surface area contributed by atoms with Crippen LogP contribution in [0, 0.1) is 0 Å². The molecule has 0 radical (unpaired) electrons. The smallest absolute Gasteiger partial charge is 0.0724 e. The van der Waals surface area contributed by atoms with Gasteiger partial charge in [0, 0.05) is 0 Å². The van der Waals surface area contributed by atoms with Crippen molar-refractivity contribution in [2.75, 3.05) is 13.2 Å². The third-order valence-electron chi connectivity index (χ3n) is 2.49. The minimum absolute atomic E-state index is 0.0900. The zero-order chi connectivity index (χ0) is 10.7. The highest BCUT2D eigenvalue weighted by atomic mass is 16.5. The summed E-state index contributed by atoms with van der Waals surface area (Å²) in [6, 6.07) is 7.82. The predicted octanol–water partition coefficient (Wildman–Crippen LogP) is 2.15. The second-order valence-electron chi connectivity index (χ2n) is 3.67. The van der Waals surface area contributed by atoms with Crippen LogP contribution in [-0.2, 0) is 11.3 Å². The van der Waals surface area contributed by atoms with Crippen LogP contribution in [0.4, 0.5) is 0 Å². The summed E-state index contributed by atoms with van der Waals surface area (Å²) in [6.07, 6.45) is 2.08. The molecule has 0 aliphatic carbocycles. The summed E-state index contributed by atoms with van der Waals surface area (Å²) >= 11 is 0. The molecule has 1 aromatic rings. The van der Waals surface area contributed by atoms with E-state index in [1.165, 1.54) is 0 Å². The molecule has 0 amide bonds. The van der Waals surface area contributed by atoms with Crippen molar-refractivity contribution in [1.82, 2.24) is 0 Å². The Morgan fingerprint density at radius 1 is 1.27 bits per heavy atom. The van der Waals surface area contributed by atoms with E-state index in [2.05, 4.69) is 12.7 Å². The lowest BCUT2D eigenvalue weighted by molar-refractivity contribution is 0.215. The van der Waals surface area contributed by atoms with Crippen molar-refractivity contribution >= 4 is 6.08 Å². The Hall–Kier alpha value is -1.38. The van der Waals surface area contributed by atoms with Gasteiger partial charge in [0.15, 0.2) is 0 Å². The molecule has 2 heteroatoms. The van der Waals surface area contributed by atoms with Crippen LogP contribution >= 0.6 is 0 Å². The molecule has 0 atom stereocenters. The quantitative estimate of drug-likeness (QED) is 0.796. The SMILES string of the molecule is C=C1COC/C1=C/c1ccc(CO)cc1. The maximum absolute atomic E-state index is 8.91. The lowest BCUT2D eigenvalue weighted by atomic mass is 10.1. The molecule has 2 rings (SSSR count). The summed E-state index contributed by atoms with van der Waals surface area (Å²) in [7, 11) is 0. The van der Waals surface area contributed by atoms with Gasteiger partial charge in [0.1, 0.15) is 0 Å². The maximum atomic E-state index is 8.91. The van der Waals surface area contributed by atoms with Crippen LogP contribution in [0.25, 0.3) is 6.08 Å². The molecule has 1 N–H and O–H groups in total. The fraction of sp³-hybridized carbons (Fsp3) is 0.231. The van der Waals surface area contributed by atoms with Crippen molar-refractivity contribution < 1.29 is 9.84 Å². The van der Waals surface area contributed by atoms with Gasteiger partial charge in [0.2, 0.25) is 0 Å². The van der Waals surface area contributed by atoms with Gasteiger partial charge in [-0.25, -0.2) is 0 Å². The fourth-order valence-corrected chi connectivity index (χ4v) is 1.54. The van der Waals surface area contributed by atoms with Gasteiger partial charge in [-0.2, -0.15) is 0 Å². The minimum Gasteiger partial charge on any atom is -0.392 e. The Bertz CT molecular complexity index is 388. The summed E-state index contributed by atoms with van der Waals surface area (Å²) in [6.45, 7) is 5.31. The van der Waals surface area contributed by atoms with Gasteiger partial charge in [0.05, 0.1) is 19.8 Å². The molecule has 2 nitrogen and oxygen atoms in total. The largest absolute Gasteiger partial charge is 0.392 e. The van der Waals surface area contributed by atoms with E-state index in [9.17, 15) is 0 Å². The van der Waals surface area contributed by atoms with Gasteiger partial charge in [-0.05, 0) is 28.3 Å². The zero-order valence-electron chi connectivity index (χ0n) is 8.57. The molecule has 0 unspecified atom stereocenters. The molecule has 1 heterocycles. The highest BCUT2D eigenvalue weighted by Gasteiger charge is 2.10. The standard InChI is InChI=1S/C13H14O2/c1-10-8-15-9-13(10)6-11-2-4-12(7-14)5-3-11/h2-6,14H,1,7-9H2/b13-6-. The molecule has 1 aromatic carbocycles. The van der Waals surface area contributed by atoms with Gasteiger partial charge in [0.25, 0.3) is 0 Å². The molecule has 78 valence electrons. The number of ether oxygens (including phenoxy) is 1. The molecule has 15 heavy (non-hydrogen) atoms. The molecule has 0 spiro atoms. The number of aliphatic hydroxyl groups is 1. The summed E-state index contributed by atoms with van der Waals surface area (Å²) in [5.41, 5.74) is 4.26. The minimum atomic E-state index is 0.0900. The molecular formula is C13H14O2. The van der Waals surface area contributed by atoms with E-state index in [1.54, 1.807) is 0 Å². The number of aliphatic hydroxyl groups excluding tert-OH is 1. The Balaban J connectivity index is 2.20. The van der Waals surface area contributed by atoms with E-state index >= 15 is 0 Å². The third-order valence-corrected chi connectivity index (χ3v) is 2.49. The highest BCUT2D eigenvalue weighted by Crippen LogP contribution is 2.20. The van der Waals surface area contributed by atoms with Crippen molar-refractivity contribution in [1.29, 1.82) is 0 Å². The first-order chi connectivity index (χ1) is 7.29. The van der Waals surface area contributed by atoms with Crippen LogP contribution in [0.1, 0.15) is 11.1 Å². The predicted molar refractivity (Wildman–Crippen MR) is 60.3 cm³/mol. The number of hydrogen-bond donors (Lipinski definition) is 1. The zero-order valence-corrected chi connectivity index (χ0v) is 8.57. The Kier molecular flexibility index (Phi) is 2.99. The van der Waals surface area contributed by atoms with E-state index in [0.717, 1.165) is 22.3 Å². The highest BCUT2D eigenvalue weighted by molar-refractivity contribution is 5.59. The maximum Gasteiger partial charge on any atom is 0.0724 e. The summed E-state index contributed by atoms with van der Waals surface area (Å²) in [5, 5.41) is 8.91. The number of rotatable bonds is 2. The average molecular weight is 202 g/mol. The van der Waals surface area contributed by atoms with E-state index < -0.39 is 0 Å². The van der Waals surface area contributed by atoms with Crippen LogP contribution in [0.2, 0.25) is 0 Å². The van der Waals surface area contributed by atoms with E-state index in [4.69, 9.17) is 9.84 Å². The Morgan fingerprint density at radius 3 is 2.53 bits per heavy atom. The first-order valence-electron chi connectivity index (χ1n) is 4.96. The van der Waals surface area contributed by atoms with E-state index in [-0.39, 0.29) is 6.61 Å². The Labute approximate surface area is 89.5 Å². The first-order valence-corrected chi connectivity index (χ1v) is 4.96. The van der Waals surface area contributed by atoms with Gasteiger partial charge >= 0.3 is 0 Å². The second kappa shape index (κ2) is 4.43. The van der Waals surface area contributed by atoms with Gasteiger partial charge in [-0.15, -0.1) is 0 Å².